The molecule has 0 unspecified atom stereocenters. The third-order valence-corrected chi connectivity index (χ3v) is 3.34. The standard InChI is InChI=1S/C10H15N3/c1-10(3-4-10)13-7-12-8-2-5-11-6-9(8)13/h7,11H,2-6H2,1H3. The number of hydrogen-bond donors (Lipinski definition) is 1. The van der Waals surface area contributed by atoms with Crippen molar-refractivity contribution in [3.63, 3.8) is 0 Å². The Morgan fingerprint density at radius 1 is 1.54 bits per heavy atom. The molecule has 0 spiro atoms. The maximum Gasteiger partial charge on any atom is 0.0957 e. The molecule has 1 aliphatic heterocycles. The van der Waals surface area contributed by atoms with Crippen LogP contribution in [0.25, 0.3) is 0 Å². The van der Waals surface area contributed by atoms with E-state index in [0.717, 1.165) is 19.5 Å². The zero-order chi connectivity index (χ0) is 8.89. The van der Waals surface area contributed by atoms with E-state index in [1.54, 1.807) is 0 Å². The van der Waals surface area contributed by atoms with Gasteiger partial charge in [0.2, 0.25) is 0 Å². The van der Waals surface area contributed by atoms with Gasteiger partial charge in [-0.3, -0.25) is 0 Å². The van der Waals surface area contributed by atoms with Crippen molar-refractivity contribution < 1.29 is 0 Å². The molecular weight excluding hydrogens is 162 g/mol. The normalized spacial score (nSPS) is 24.1. The second-order valence-electron chi connectivity index (χ2n) is 4.43. The fourth-order valence-electron chi connectivity index (χ4n) is 2.11. The van der Waals surface area contributed by atoms with Gasteiger partial charge in [0.05, 0.1) is 17.7 Å². The second kappa shape index (κ2) is 2.35. The first-order valence-corrected chi connectivity index (χ1v) is 5.06. The van der Waals surface area contributed by atoms with E-state index in [2.05, 4.69) is 21.8 Å². The van der Waals surface area contributed by atoms with Gasteiger partial charge in [0.15, 0.2) is 0 Å². The number of fused-ring (bicyclic) bond motifs is 1. The van der Waals surface area contributed by atoms with Crippen LogP contribution in [0, 0.1) is 0 Å². The number of imidazole rings is 1. The monoisotopic (exact) mass is 177 g/mol. The first-order valence-electron chi connectivity index (χ1n) is 5.06. The highest BCUT2D eigenvalue weighted by Crippen LogP contribution is 2.44. The first kappa shape index (κ1) is 7.56. The molecule has 1 saturated carbocycles. The van der Waals surface area contributed by atoms with E-state index in [1.807, 2.05) is 6.33 Å². The predicted molar refractivity (Wildman–Crippen MR) is 50.5 cm³/mol. The lowest BCUT2D eigenvalue weighted by Crippen LogP contribution is -2.27. The Balaban J connectivity index is 2.06. The molecule has 3 heteroatoms. The van der Waals surface area contributed by atoms with E-state index in [9.17, 15) is 0 Å². The highest BCUT2D eigenvalue weighted by molar-refractivity contribution is 5.20. The van der Waals surface area contributed by atoms with Crippen molar-refractivity contribution in [1.82, 2.24) is 14.9 Å². The Labute approximate surface area is 78.2 Å². The zero-order valence-electron chi connectivity index (χ0n) is 8.01. The summed E-state index contributed by atoms with van der Waals surface area (Å²) in [6.07, 6.45) is 5.76. The van der Waals surface area contributed by atoms with Crippen molar-refractivity contribution in [1.29, 1.82) is 0 Å². The third-order valence-electron chi connectivity index (χ3n) is 3.34. The number of aromatic nitrogens is 2. The first-order chi connectivity index (χ1) is 6.30. The fraction of sp³-hybridized carbons (Fsp3) is 0.700. The molecule has 1 aromatic heterocycles. The van der Waals surface area contributed by atoms with Crippen molar-refractivity contribution in [3.05, 3.63) is 17.7 Å². The second-order valence-corrected chi connectivity index (χ2v) is 4.43. The van der Waals surface area contributed by atoms with Crippen LogP contribution < -0.4 is 5.32 Å². The minimum atomic E-state index is 0.402. The predicted octanol–water partition coefficient (Wildman–Crippen LogP) is 1.04. The Bertz CT molecular complexity index is 336. The summed E-state index contributed by atoms with van der Waals surface area (Å²) in [5, 5.41) is 3.41. The number of rotatable bonds is 1. The summed E-state index contributed by atoms with van der Waals surface area (Å²) in [5.74, 6) is 0. The molecule has 2 heterocycles. The van der Waals surface area contributed by atoms with Gasteiger partial charge in [0.1, 0.15) is 0 Å². The van der Waals surface area contributed by atoms with Crippen LogP contribution in [0.3, 0.4) is 0 Å². The van der Waals surface area contributed by atoms with E-state index in [0.29, 0.717) is 5.54 Å². The molecule has 0 bridgehead atoms. The minimum Gasteiger partial charge on any atom is -0.327 e. The van der Waals surface area contributed by atoms with Crippen molar-refractivity contribution in [2.75, 3.05) is 6.54 Å². The summed E-state index contributed by atoms with van der Waals surface area (Å²) in [6, 6.07) is 0. The summed E-state index contributed by atoms with van der Waals surface area (Å²) in [6.45, 7) is 4.41. The molecule has 0 atom stereocenters. The molecule has 1 N–H and O–H groups in total. The van der Waals surface area contributed by atoms with Gasteiger partial charge in [0, 0.05) is 25.0 Å². The van der Waals surface area contributed by atoms with Crippen LogP contribution >= 0.6 is 0 Å². The summed E-state index contributed by atoms with van der Waals surface area (Å²) in [5.41, 5.74) is 3.14. The molecule has 0 amide bonds. The maximum absolute atomic E-state index is 4.49. The van der Waals surface area contributed by atoms with Crippen LogP contribution in [0.1, 0.15) is 31.2 Å². The molecule has 2 aliphatic rings. The molecule has 0 saturated heterocycles. The van der Waals surface area contributed by atoms with Crippen LogP contribution in [0.4, 0.5) is 0 Å². The molecule has 3 nitrogen and oxygen atoms in total. The highest BCUT2D eigenvalue weighted by atomic mass is 15.2. The molecule has 0 radical (unpaired) electrons. The fourth-order valence-corrected chi connectivity index (χ4v) is 2.11. The largest absolute Gasteiger partial charge is 0.327 e. The Hall–Kier alpha value is -0.830. The maximum atomic E-state index is 4.49. The van der Waals surface area contributed by atoms with Gasteiger partial charge in [-0.1, -0.05) is 0 Å². The lowest BCUT2D eigenvalue weighted by atomic mass is 10.1. The molecule has 1 aromatic rings. The minimum absolute atomic E-state index is 0.402. The third kappa shape index (κ3) is 1.03. The molecule has 1 fully saturated rings. The smallest absolute Gasteiger partial charge is 0.0957 e. The van der Waals surface area contributed by atoms with Crippen molar-refractivity contribution >= 4 is 0 Å². The molecule has 70 valence electrons. The lowest BCUT2D eigenvalue weighted by molar-refractivity contribution is 0.488. The van der Waals surface area contributed by atoms with Gasteiger partial charge in [-0.05, 0) is 19.8 Å². The average Bonchev–Trinajstić information content (AvgIpc) is 2.76. The zero-order valence-corrected chi connectivity index (χ0v) is 8.01. The summed E-state index contributed by atoms with van der Waals surface area (Å²) >= 11 is 0. The quantitative estimate of drug-likeness (QED) is 0.694. The van der Waals surface area contributed by atoms with Gasteiger partial charge < -0.3 is 9.88 Å². The average molecular weight is 177 g/mol. The van der Waals surface area contributed by atoms with E-state index < -0.39 is 0 Å². The highest BCUT2D eigenvalue weighted by Gasteiger charge is 2.41. The molecule has 3 rings (SSSR count). The van der Waals surface area contributed by atoms with E-state index in [-0.39, 0.29) is 0 Å². The van der Waals surface area contributed by atoms with E-state index >= 15 is 0 Å². The summed E-state index contributed by atoms with van der Waals surface area (Å²) in [4.78, 5) is 4.49. The Morgan fingerprint density at radius 2 is 2.38 bits per heavy atom. The van der Waals surface area contributed by atoms with Crippen LogP contribution in [0.15, 0.2) is 6.33 Å². The summed E-state index contributed by atoms with van der Waals surface area (Å²) < 4.78 is 2.38. The van der Waals surface area contributed by atoms with Gasteiger partial charge in [0.25, 0.3) is 0 Å². The SMILES string of the molecule is CC1(n2cnc3c2CNCC3)CC1. The van der Waals surface area contributed by atoms with E-state index in [1.165, 1.54) is 24.2 Å². The molecule has 1 aliphatic carbocycles. The van der Waals surface area contributed by atoms with Crippen molar-refractivity contribution in [3.8, 4) is 0 Å². The van der Waals surface area contributed by atoms with Gasteiger partial charge in [-0.25, -0.2) is 4.98 Å². The number of nitrogens with zero attached hydrogens (tertiary/aromatic N) is 2. The molecule has 0 aromatic carbocycles. The molecular formula is C10H15N3. The Morgan fingerprint density at radius 3 is 3.15 bits per heavy atom. The van der Waals surface area contributed by atoms with Crippen molar-refractivity contribution in [2.24, 2.45) is 0 Å². The van der Waals surface area contributed by atoms with Crippen LogP contribution in [0.2, 0.25) is 0 Å². The summed E-state index contributed by atoms with van der Waals surface area (Å²) in [7, 11) is 0. The van der Waals surface area contributed by atoms with Crippen LogP contribution in [0.5, 0.6) is 0 Å². The molecule has 13 heavy (non-hydrogen) atoms. The van der Waals surface area contributed by atoms with E-state index in [4.69, 9.17) is 0 Å². The van der Waals surface area contributed by atoms with Crippen molar-refractivity contribution in [2.45, 2.75) is 38.3 Å². The number of hydrogen-bond acceptors (Lipinski definition) is 2. The lowest BCUT2D eigenvalue weighted by Gasteiger charge is -2.19. The Kier molecular flexibility index (Phi) is 1.37. The topological polar surface area (TPSA) is 29.9 Å². The van der Waals surface area contributed by atoms with Gasteiger partial charge >= 0.3 is 0 Å². The van der Waals surface area contributed by atoms with Gasteiger partial charge in [-0.2, -0.15) is 0 Å². The van der Waals surface area contributed by atoms with Crippen LogP contribution in [-0.2, 0) is 18.5 Å². The van der Waals surface area contributed by atoms with Gasteiger partial charge in [-0.15, -0.1) is 0 Å². The van der Waals surface area contributed by atoms with Crippen LogP contribution in [-0.4, -0.2) is 16.1 Å². The number of nitrogens with one attached hydrogen (secondary N) is 1.